The highest BCUT2D eigenvalue weighted by Gasteiger charge is 2.31. The average Bonchev–Trinajstić information content (AvgIpc) is 3.13. The zero-order valence-corrected chi connectivity index (χ0v) is 14.7. The Bertz CT molecular complexity index is 832. The van der Waals surface area contributed by atoms with Crippen molar-refractivity contribution in [2.75, 3.05) is 0 Å². The van der Waals surface area contributed by atoms with E-state index in [4.69, 9.17) is 4.99 Å². The Hall–Kier alpha value is -2.52. The Morgan fingerprint density at radius 1 is 0.720 bits per heavy atom. The summed E-state index contributed by atoms with van der Waals surface area (Å²) in [6.07, 6.45) is 0. The summed E-state index contributed by atoms with van der Waals surface area (Å²) >= 11 is 1.77. The molecule has 25 heavy (non-hydrogen) atoms. The van der Waals surface area contributed by atoms with Gasteiger partial charge in [0, 0.05) is 5.75 Å². The molecule has 0 aromatic heterocycles. The quantitative estimate of drug-likeness (QED) is 0.689. The molecule has 1 aliphatic rings. The van der Waals surface area contributed by atoms with Crippen molar-refractivity contribution in [2.24, 2.45) is 4.99 Å². The SMILES string of the molecule is c1ccc(CSC2=N[C@@H](c3ccccc3)[C@@H](c3ccccc3)N2)cc1. The molecule has 2 atom stereocenters. The first kappa shape index (κ1) is 16.0. The van der Waals surface area contributed by atoms with Gasteiger partial charge in [-0.15, -0.1) is 0 Å². The van der Waals surface area contributed by atoms with Crippen molar-refractivity contribution in [3.63, 3.8) is 0 Å². The van der Waals surface area contributed by atoms with Crippen molar-refractivity contribution in [3.05, 3.63) is 108 Å². The van der Waals surface area contributed by atoms with E-state index in [-0.39, 0.29) is 12.1 Å². The van der Waals surface area contributed by atoms with Gasteiger partial charge in [0.2, 0.25) is 0 Å². The summed E-state index contributed by atoms with van der Waals surface area (Å²) in [5.41, 5.74) is 3.84. The van der Waals surface area contributed by atoms with E-state index >= 15 is 0 Å². The molecule has 1 aliphatic heterocycles. The van der Waals surface area contributed by atoms with Crippen LogP contribution in [0.4, 0.5) is 0 Å². The van der Waals surface area contributed by atoms with Gasteiger partial charge in [-0.2, -0.15) is 0 Å². The first-order valence-electron chi connectivity index (χ1n) is 8.51. The topological polar surface area (TPSA) is 24.4 Å². The normalized spacial score (nSPS) is 19.3. The number of hydrogen-bond donors (Lipinski definition) is 1. The van der Waals surface area contributed by atoms with E-state index in [9.17, 15) is 0 Å². The monoisotopic (exact) mass is 344 g/mol. The van der Waals surface area contributed by atoms with Crippen molar-refractivity contribution < 1.29 is 0 Å². The number of benzene rings is 3. The van der Waals surface area contributed by atoms with Gasteiger partial charge in [0.05, 0.1) is 6.04 Å². The van der Waals surface area contributed by atoms with Gasteiger partial charge in [-0.05, 0) is 16.7 Å². The van der Waals surface area contributed by atoms with Gasteiger partial charge in [-0.1, -0.05) is 103 Å². The van der Waals surface area contributed by atoms with Crippen molar-refractivity contribution >= 4 is 16.9 Å². The highest BCUT2D eigenvalue weighted by atomic mass is 32.2. The zero-order chi connectivity index (χ0) is 16.9. The van der Waals surface area contributed by atoms with E-state index in [0.29, 0.717) is 0 Å². The highest BCUT2D eigenvalue weighted by molar-refractivity contribution is 8.13. The average molecular weight is 344 g/mol. The molecule has 124 valence electrons. The fraction of sp³-hybridized carbons (Fsp3) is 0.136. The van der Waals surface area contributed by atoms with Crippen molar-refractivity contribution in [1.82, 2.24) is 5.32 Å². The lowest BCUT2D eigenvalue weighted by Crippen LogP contribution is -2.22. The minimum absolute atomic E-state index is 0.113. The van der Waals surface area contributed by atoms with Crippen molar-refractivity contribution in [2.45, 2.75) is 17.8 Å². The number of nitrogens with one attached hydrogen (secondary N) is 1. The summed E-state index contributed by atoms with van der Waals surface area (Å²) in [6, 6.07) is 32.0. The summed E-state index contributed by atoms with van der Waals surface area (Å²) < 4.78 is 0. The van der Waals surface area contributed by atoms with Crippen LogP contribution >= 0.6 is 11.8 Å². The summed E-state index contributed by atoms with van der Waals surface area (Å²) in [7, 11) is 0. The van der Waals surface area contributed by atoms with Crippen LogP contribution in [0.5, 0.6) is 0 Å². The molecule has 0 saturated carbocycles. The lowest BCUT2D eigenvalue weighted by Gasteiger charge is -2.19. The Balaban J connectivity index is 1.57. The largest absolute Gasteiger partial charge is 0.356 e. The second-order valence-electron chi connectivity index (χ2n) is 6.10. The molecule has 0 aliphatic carbocycles. The number of amidine groups is 1. The highest BCUT2D eigenvalue weighted by Crippen LogP contribution is 2.37. The van der Waals surface area contributed by atoms with Crippen LogP contribution in [0.25, 0.3) is 0 Å². The third kappa shape index (κ3) is 3.77. The maximum atomic E-state index is 5.00. The molecule has 0 fully saturated rings. The van der Waals surface area contributed by atoms with Crippen LogP contribution in [-0.4, -0.2) is 5.17 Å². The van der Waals surface area contributed by atoms with Gasteiger partial charge in [0.1, 0.15) is 6.04 Å². The molecule has 0 radical (unpaired) electrons. The lowest BCUT2D eigenvalue weighted by atomic mass is 9.95. The molecule has 0 unspecified atom stereocenters. The molecular formula is C22H20N2S. The van der Waals surface area contributed by atoms with Gasteiger partial charge in [0.25, 0.3) is 0 Å². The number of nitrogens with zero attached hydrogens (tertiary/aromatic N) is 1. The van der Waals surface area contributed by atoms with Crippen LogP contribution in [0, 0.1) is 0 Å². The van der Waals surface area contributed by atoms with Crippen LogP contribution in [-0.2, 0) is 5.75 Å². The van der Waals surface area contributed by atoms with E-state index in [2.05, 4.69) is 96.3 Å². The molecule has 1 heterocycles. The van der Waals surface area contributed by atoms with Crippen molar-refractivity contribution in [3.8, 4) is 0 Å². The minimum atomic E-state index is 0.113. The van der Waals surface area contributed by atoms with E-state index in [1.54, 1.807) is 11.8 Å². The Morgan fingerprint density at radius 2 is 1.28 bits per heavy atom. The van der Waals surface area contributed by atoms with Gasteiger partial charge < -0.3 is 5.32 Å². The fourth-order valence-corrected chi connectivity index (χ4v) is 3.99. The predicted molar refractivity (Wildman–Crippen MR) is 107 cm³/mol. The number of aliphatic imine (C=N–C) groups is 1. The number of hydrogen-bond acceptors (Lipinski definition) is 3. The fourth-order valence-electron chi connectivity index (χ4n) is 3.10. The van der Waals surface area contributed by atoms with Crippen molar-refractivity contribution in [1.29, 1.82) is 0 Å². The van der Waals surface area contributed by atoms with Gasteiger partial charge in [-0.25, -0.2) is 0 Å². The molecule has 0 spiro atoms. The van der Waals surface area contributed by atoms with Gasteiger partial charge >= 0.3 is 0 Å². The first-order chi connectivity index (χ1) is 12.4. The molecule has 0 saturated heterocycles. The van der Waals surface area contributed by atoms with Gasteiger partial charge in [0.15, 0.2) is 5.17 Å². The molecule has 2 nitrogen and oxygen atoms in total. The van der Waals surface area contributed by atoms with Crippen LogP contribution in [0.1, 0.15) is 28.8 Å². The lowest BCUT2D eigenvalue weighted by molar-refractivity contribution is 0.573. The molecule has 0 bridgehead atoms. The number of thioether (sulfide) groups is 1. The summed E-state index contributed by atoms with van der Waals surface area (Å²) in [4.78, 5) is 5.00. The maximum Gasteiger partial charge on any atom is 0.158 e. The van der Waals surface area contributed by atoms with Crippen LogP contribution in [0.3, 0.4) is 0 Å². The molecular weight excluding hydrogens is 324 g/mol. The molecule has 3 aromatic rings. The second-order valence-corrected chi connectivity index (χ2v) is 7.06. The Kier molecular flexibility index (Phi) is 4.84. The minimum Gasteiger partial charge on any atom is -0.356 e. The molecule has 3 aromatic carbocycles. The molecule has 0 amide bonds. The maximum absolute atomic E-state index is 5.00. The summed E-state index contributed by atoms with van der Waals surface area (Å²) in [5, 5.41) is 4.66. The van der Waals surface area contributed by atoms with E-state index < -0.39 is 0 Å². The zero-order valence-electron chi connectivity index (χ0n) is 13.9. The molecule has 3 heteroatoms. The van der Waals surface area contributed by atoms with Crippen LogP contribution in [0.2, 0.25) is 0 Å². The summed E-state index contributed by atoms with van der Waals surface area (Å²) in [6.45, 7) is 0. The van der Waals surface area contributed by atoms with E-state index in [1.807, 2.05) is 0 Å². The Morgan fingerprint density at radius 3 is 1.92 bits per heavy atom. The third-order valence-corrected chi connectivity index (χ3v) is 5.34. The molecule has 1 N–H and O–H groups in total. The van der Waals surface area contributed by atoms with Crippen LogP contribution < -0.4 is 5.32 Å². The smallest absolute Gasteiger partial charge is 0.158 e. The van der Waals surface area contributed by atoms with Crippen LogP contribution in [0.15, 0.2) is 96.0 Å². The predicted octanol–water partition coefficient (Wildman–Crippen LogP) is 5.36. The first-order valence-corrected chi connectivity index (χ1v) is 9.50. The summed E-state index contributed by atoms with van der Waals surface area (Å²) in [5.74, 6) is 0.926. The third-order valence-electron chi connectivity index (χ3n) is 4.37. The Labute approximate surface area is 153 Å². The standard InChI is InChI=1S/C22H20N2S/c1-4-10-17(11-5-1)16-25-22-23-20(18-12-6-2-7-13-18)21(24-22)19-14-8-3-9-15-19/h1-15,20-21H,16H2,(H,23,24)/t20-,21+. The number of rotatable bonds is 4. The second kappa shape index (κ2) is 7.58. The van der Waals surface area contributed by atoms with E-state index in [1.165, 1.54) is 16.7 Å². The van der Waals surface area contributed by atoms with E-state index in [0.717, 1.165) is 10.9 Å². The van der Waals surface area contributed by atoms with Gasteiger partial charge in [-0.3, -0.25) is 4.99 Å². The molecule has 4 rings (SSSR count).